The molecule has 2 aromatic rings. The molecule has 1 N–H and O–H groups in total. The van der Waals surface area contributed by atoms with Crippen LogP contribution in [0.4, 0.5) is 0 Å². The number of morpholine rings is 1. The van der Waals surface area contributed by atoms with Gasteiger partial charge in [0.15, 0.2) is 5.96 Å². The molecule has 0 spiro atoms. The summed E-state index contributed by atoms with van der Waals surface area (Å²) in [6.07, 6.45) is 3.91. The maximum absolute atomic E-state index is 5.94. The average Bonchev–Trinajstić information content (AvgIpc) is 3.19. The summed E-state index contributed by atoms with van der Waals surface area (Å²) in [4.78, 5) is 7.94. The summed E-state index contributed by atoms with van der Waals surface area (Å²) in [7, 11) is 5.48. The fourth-order valence-electron chi connectivity index (χ4n) is 3.28. The van der Waals surface area contributed by atoms with Crippen molar-refractivity contribution in [2.24, 2.45) is 18.0 Å². The van der Waals surface area contributed by atoms with E-state index in [0.29, 0.717) is 12.5 Å². The van der Waals surface area contributed by atoms with Crippen LogP contribution in [0.15, 0.2) is 46.5 Å². The Bertz CT molecular complexity index is 810. The number of aryl methyl sites for hydroxylation is 1. The molecule has 8 heteroatoms. The van der Waals surface area contributed by atoms with Gasteiger partial charge in [-0.3, -0.25) is 9.67 Å². The van der Waals surface area contributed by atoms with E-state index in [0.717, 1.165) is 42.7 Å². The zero-order chi connectivity index (χ0) is 20.6. The van der Waals surface area contributed by atoms with Gasteiger partial charge in [0.25, 0.3) is 0 Å². The summed E-state index contributed by atoms with van der Waals surface area (Å²) in [6, 6.07) is 8.16. The first kappa shape index (κ1) is 21.5. The van der Waals surface area contributed by atoms with Crippen molar-refractivity contribution in [3.8, 4) is 5.75 Å². The third kappa shape index (κ3) is 5.90. The second-order valence-corrected chi connectivity index (χ2v) is 8.31. The van der Waals surface area contributed by atoms with Crippen LogP contribution in [0.25, 0.3) is 0 Å². The number of nitrogens with one attached hydrogen (secondary N) is 1. The van der Waals surface area contributed by atoms with Crippen molar-refractivity contribution in [3.05, 3.63) is 42.2 Å². The molecule has 29 heavy (non-hydrogen) atoms. The second-order valence-electron chi connectivity index (χ2n) is 7.25. The number of aliphatic imine (C=N–C) groups is 1. The van der Waals surface area contributed by atoms with Gasteiger partial charge >= 0.3 is 0 Å². The van der Waals surface area contributed by atoms with Gasteiger partial charge in [-0.2, -0.15) is 5.10 Å². The topological polar surface area (TPSA) is 63.9 Å². The Labute approximate surface area is 177 Å². The molecule has 1 fully saturated rings. The Balaban J connectivity index is 1.49. The van der Waals surface area contributed by atoms with E-state index in [1.807, 2.05) is 61.1 Å². The number of guanidine groups is 1. The van der Waals surface area contributed by atoms with Gasteiger partial charge in [0.05, 0.1) is 26.5 Å². The van der Waals surface area contributed by atoms with Crippen molar-refractivity contribution in [1.82, 2.24) is 20.0 Å². The molecule has 1 aliphatic rings. The monoisotopic (exact) mass is 417 g/mol. The number of thioether (sulfide) groups is 1. The number of methoxy groups -OCH3 is 1. The molecule has 158 valence electrons. The lowest BCUT2D eigenvalue weighted by Crippen LogP contribution is -2.49. The molecule has 1 aromatic heterocycles. The van der Waals surface area contributed by atoms with Crippen molar-refractivity contribution in [2.75, 3.05) is 46.2 Å². The van der Waals surface area contributed by atoms with Gasteiger partial charge in [0.2, 0.25) is 0 Å². The number of nitrogens with zero attached hydrogens (tertiary/aromatic N) is 4. The minimum absolute atomic E-state index is 0.0227. The van der Waals surface area contributed by atoms with Crippen molar-refractivity contribution < 1.29 is 9.47 Å². The molecule has 2 unspecified atom stereocenters. The van der Waals surface area contributed by atoms with Gasteiger partial charge in [-0.05, 0) is 18.1 Å². The lowest BCUT2D eigenvalue weighted by atomic mass is 10.1. The quantitative estimate of drug-likeness (QED) is 0.425. The highest BCUT2D eigenvalue weighted by molar-refractivity contribution is 7.99. The summed E-state index contributed by atoms with van der Waals surface area (Å²) >= 11 is 1.83. The Morgan fingerprint density at radius 3 is 3.00 bits per heavy atom. The first-order chi connectivity index (χ1) is 14.1. The third-order valence-electron chi connectivity index (χ3n) is 4.88. The highest BCUT2D eigenvalue weighted by Gasteiger charge is 2.25. The van der Waals surface area contributed by atoms with Gasteiger partial charge < -0.3 is 19.7 Å². The summed E-state index contributed by atoms with van der Waals surface area (Å²) < 4.78 is 13.2. The standard InChI is InChI=1S/C21H31N5O2S/c1-16(15-29-20-8-6-5-7-18(20)27-4)11-23-21(22-2)26-9-10-28-19(14-26)17-12-24-25(3)13-17/h5-8,12-13,16,19H,9-11,14-15H2,1-4H3,(H,22,23). The van der Waals surface area contributed by atoms with Crippen LogP contribution in [0.2, 0.25) is 0 Å². The van der Waals surface area contributed by atoms with Crippen LogP contribution in [0.1, 0.15) is 18.6 Å². The zero-order valence-corrected chi connectivity index (χ0v) is 18.5. The number of benzene rings is 1. The number of para-hydroxylation sites is 1. The molecule has 1 aromatic carbocycles. The maximum atomic E-state index is 5.94. The van der Waals surface area contributed by atoms with E-state index in [1.54, 1.807) is 7.11 Å². The fraction of sp³-hybridized carbons (Fsp3) is 0.524. The predicted octanol–water partition coefficient (Wildman–Crippen LogP) is 2.81. The number of rotatable bonds is 7. The minimum Gasteiger partial charge on any atom is -0.496 e. The highest BCUT2D eigenvalue weighted by Crippen LogP contribution is 2.30. The Kier molecular flexibility index (Phi) is 7.83. The van der Waals surface area contributed by atoms with Crippen LogP contribution >= 0.6 is 11.8 Å². The van der Waals surface area contributed by atoms with Crippen LogP contribution in [-0.2, 0) is 11.8 Å². The molecule has 2 heterocycles. The number of ether oxygens (including phenoxy) is 2. The lowest BCUT2D eigenvalue weighted by Gasteiger charge is -2.35. The maximum Gasteiger partial charge on any atom is 0.193 e. The van der Waals surface area contributed by atoms with Crippen LogP contribution in [0, 0.1) is 5.92 Å². The summed E-state index contributed by atoms with van der Waals surface area (Å²) in [5.74, 6) is 3.35. The van der Waals surface area contributed by atoms with Gasteiger partial charge in [-0.25, -0.2) is 0 Å². The predicted molar refractivity (Wildman–Crippen MR) is 118 cm³/mol. The average molecular weight is 418 g/mol. The Morgan fingerprint density at radius 2 is 2.28 bits per heavy atom. The summed E-state index contributed by atoms with van der Waals surface area (Å²) in [6.45, 7) is 5.40. The van der Waals surface area contributed by atoms with Gasteiger partial charge in [-0.15, -0.1) is 11.8 Å². The summed E-state index contributed by atoms with van der Waals surface area (Å²) in [5, 5.41) is 7.80. The normalized spacial score (nSPS) is 18.6. The third-order valence-corrected chi connectivity index (χ3v) is 6.26. The molecule has 0 saturated carbocycles. The Hall–Kier alpha value is -2.19. The fourth-order valence-corrected chi connectivity index (χ4v) is 4.33. The number of hydrogen-bond acceptors (Lipinski definition) is 5. The molecule has 0 aliphatic carbocycles. The van der Waals surface area contributed by atoms with Crippen LogP contribution in [0.3, 0.4) is 0 Å². The SMILES string of the molecule is CN=C(NCC(C)CSc1ccccc1OC)N1CCOC(c2cnn(C)c2)C1. The molecule has 2 atom stereocenters. The number of aromatic nitrogens is 2. The van der Waals surface area contributed by atoms with Gasteiger partial charge in [0, 0.05) is 49.6 Å². The largest absolute Gasteiger partial charge is 0.496 e. The van der Waals surface area contributed by atoms with E-state index in [2.05, 4.69) is 33.3 Å². The Morgan fingerprint density at radius 1 is 1.45 bits per heavy atom. The molecule has 0 bridgehead atoms. The van der Waals surface area contributed by atoms with Crippen molar-refractivity contribution in [3.63, 3.8) is 0 Å². The van der Waals surface area contributed by atoms with Crippen molar-refractivity contribution in [1.29, 1.82) is 0 Å². The van der Waals surface area contributed by atoms with Gasteiger partial charge in [-0.1, -0.05) is 19.1 Å². The number of hydrogen-bond donors (Lipinski definition) is 1. The smallest absolute Gasteiger partial charge is 0.193 e. The van der Waals surface area contributed by atoms with E-state index >= 15 is 0 Å². The summed E-state index contributed by atoms with van der Waals surface area (Å²) in [5.41, 5.74) is 1.11. The van der Waals surface area contributed by atoms with Crippen LogP contribution < -0.4 is 10.1 Å². The van der Waals surface area contributed by atoms with E-state index in [9.17, 15) is 0 Å². The van der Waals surface area contributed by atoms with Crippen molar-refractivity contribution in [2.45, 2.75) is 17.9 Å². The lowest BCUT2D eigenvalue weighted by molar-refractivity contribution is -0.00805. The molecule has 0 radical (unpaired) electrons. The zero-order valence-electron chi connectivity index (χ0n) is 17.7. The molecule has 0 amide bonds. The first-order valence-corrected chi connectivity index (χ1v) is 10.9. The molecule has 7 nitrogen and oxygen atoms in total. The van der Waals surface area contributed by atoms with E-state index in [1.165, 1.54) is 4.90 Å². The van der Waals surface area contributed by atoms with Crippen LogP contribution in [0.5, 0.6) is 5.75 Å². The molecular weight excluding hydrogens is 386 g/mol. The highest BCUT2D eigenvalue weighted by atomic mass is 32.2. The molecule has 3 rings (SSSR count). The molecular formula is C21H31N5O2S. The molecule has 1 saturated heterocycles. The van der Waals surface area contributed by atoms with E-state index < -0.39 is 0 Å². The van der Waals surface area contributed by atoms with Gasteiger partial charge in [0.1, 0.15) is 11.9 Å². The minimum atomic E-state index is 0.0227. The van der Waals surface area contributed by atoms with Crippen LogP contribution in [-0.4, -0.2) is 66.8 Å². The first-order valence-electron chi connectivity index (χ1n) is 9.92. The second kappa shape index (κ2) is 10.5. The van der Waals surface area contributed by atoms with Crippen molar-refractivity contribution >= 4 is 17.7 Å². The molecule has 1 aliphatic heterocycles. The van der Waals surface area contributed by atoms with E-state index in [4.69, 9.17) is 9.47 Å². The van der Waals surface area contributed by atoms with E-state index in [-0.39, 0.29) is 6.10 Å².